The zero-order chi connectivity index (χ0) is 19.1. The Morgan fingerprint density at radius 3 is 2.38 bits per heavy atom. The van der Waals surface area contributed by atoms with Crippen LogP contribution in [0.5, 0.6) is 0 Å². The number of rotatable bonds is 6. The molecule has 0 N–H and O–H groups in total. The fourth-order valence-corrected chi connectivity index (χ4v) is 2.98. The molecule has 2 aromatic rings. The summed E-state index contributed by atoms with van der Waals surface area (Å²) in [4.78, 5) is 17.7. The van der Waals surface area contributed by atoms with E-state index in [4.69, 9.17) is 0 Å². The quantitative estimate of drug-likeness (QED) is 0.428. The Balaban J connectivity index is 2.42. The first-order chi connectivity index (χ1) is 12.5. The van der Waals surface area contributed by atoms with E-state index in [0.717, 1.165) is 34.2 Å². The molecule has 0 amide bonds. The molecule has 0 spiro atoms. The van der Waals surface area contributed by atoms with Gasteiger partial charge in [-0.2, -0.15) is 5.26 Å². The molecule has 0 radical (unpaired) electrons. The van der Waals surface area contributed by atoms with Crippen molar-refractivity contribution in [2.45, 2.75) is 27.2 Å². The maximum absolute atomic E-state index is 11.8. The molecule has 4 heteroatoms. The van der Waals surface area contributed by atoms with Crippen molar-refractivity contribution < 1.29 is 4.79 Å². The first-order valence-electron chi connectivity index (χ1n) is 8.53. The second-order valence-electron chi connectivity index (χ2n) is 6.04. The molecule has 1 aromatic heterocycles. The Hall–Kier alpha value is -3.19. The number of benzene rings is 1. The lowest BCUT2D eigenvalue weighted by molar-refractivity contribution is -0.105. The number of nitriles is 1. The van der Waals surface area contributed by atoms with Gasteiger partial charge in [0, 0.05) is 30.7 Å². The standard InChI is InChI=1S/C22H23N3O/c1-5-21(16(2)13-23)25(4)22(15-26)17(3)18-8-10-19(11-9-18)20-7-6-12-24-14-20/h6-12,14-15H,5H2,1-4H3/b21-16+,22-17+. The minimum absolute atomic E-state index is 0.561. The number of hydrogen-bond donors (Lipinski definition) is 0. The van der Waals surface area contributed by atoms with Crippen molar-refractivity contribution in [1.29, 1.82) is 5.26 Å². The van der Waals surface area contributed by atoms with Gasteiger partial charge < -0.3 is 4.90 Å². The summed E-state index contributed by atoms with van der Waals surface area (Å²) in [6.07, 6.45) is 5.11. The van der Waals surface area contributed by atoms with Crippen LogP contribution in [0.1, 0.15) is 32.8 Å². The number of likely N-dealkylation sites (N-methyl/N-ethyl adjacent to an activating group) is 1. The highest BCUT2D eigenvalue weighted by Crippen LogP contribution is 2.26. The van der Waals surface area contributed by atoms with E-state index in [2.05, 4.69) is 11.1 Å². The predicted molar refractivity (Wildman–Crippen MR) is 105 cm³/mol. The van der Waals surface area contributed by atoms with Crippen LogP contribution in [0.4, 0.5) is 0 Å². The summed E-state index contributed by atoms with van der Waals surface area (Å²) in [5, 5.41) is 9.19. The maximum atomic E-state index is 11.8. The minimum atomic E-state index is 0.561. The lowest BCUT2D eigenvalue weighted by Crippen LogP contribution is -2.20. The van der Waals surface area contributed by atoms with Crippen molar-refractivity contribution in [2.75, 3.05) is 7.05 Å². The lowest BCUT2D eigenvalue weighted by Gasteiger charge is -2.24. The molecular weight excluding hydrogens is 322 g/mol. The Morgan fingerprint density at radius 1 is 1.19 bits per heavy atom. The fourth-order valence-electron chi connectivity index (χ4n) is 2.98. The molecule has 0 aliphatic rings. The topological polar surface area (TPSA) is 57.0 Å². The van der Waals surface area contributed by atoms with Crippen molar-refractivity contribution in [1.82, 2.24) is 9.88 Å². The second kappa shape index (κ2) is 8.77. The van der Waals surface area contributed by atoms with Gasteiger partial charge in [-0.15, -0.1) is 0 Å². The van der Waals surface area contributed by atoms with E-state index in [-0.39, 0.29) is 0 Å². The average molecular weight is 345 g/mol. The molecule has 132 valence electrons. The van der Waals surface area contributed by atoms with Crippen LogP contribution in [0.25, 0.3) is 16.7 Å². The summed E-state index contributed by atoms with van der Waals surface area (Å²) in [6, 6.07) is 14.1. The normalized spacial score (nSPS) is 12.6. The van der Waals surface area contributed by atoms with Gasteiger partial charge in [-0.25, -0.2) is 0 Å². The smallest absolute Gasteiger partial charge is 0.166 e. The number of aldehydes is 1. The minimum Gasteiger partial charge on any atom is -0.344 e. The van der Waals surface area contributed by atoms with Gasteiger partial charge >= 0.3 is 0 Å². The van der Waals surface area contributed by atoms with E-state index < -0.39 is 0 Å². The molecule has 0 bridgehead atoms. The molecule has 26 heavy (non-hydrogen) atoms. The van der Waals surface area contributed by atoms with Gasteiger partial charge in [-0.05, 0) is 48.6 Å². The number of hydrogen-bond acceptors (Lipinski definition) is 4. The summed E-state index contributed by atoms with van der Waals surface area (Å²) >= 11 is 0. The molecule has 0 aliphatic heterocycles. The summed E-state index contributed by atoms with van der Waals surface area (Å²) in [5.41, 5.74) is 5.99. The first kappa shape index (κ1) is 19.1. The maximum Gasteiger partial charge on any atom is 0.166 e. The Labute approximate surface area is 155 Å². The number of nitrogens with zero attached hydrogens (tertiary/aromatic N) is 3. The molecule has 0 atom stereocenters. The number of pyridine rings is 1. The van der Waals surface area contributed by atoms with Crippen LogP contribution in [0.3, 0.4) is 0 Å². The van der Waals surface area contributed by atoms with Crippen LogP contribution in [-0.4, -0.2) is 23.2 Å². The van der Waals surface area contributed by atoms with Gasteiger partial charge in [0.2, 0.25) is 0 Å². The van der Waals surface area contributed by atoms with E-state index >= 15 is 0 Å². The third kappa shape index (κ3) is 4.07. The van der Waals surface area contributed by atoms with E-state index in [0.29, 0.717) is 17.7 Å². The molecule has 2 rings (SSSR count). The number of allylic oxidation sites excluding steroid dienone is 4. The Kier molecular flexibility index (Phi) is 6.46. The highest BCUT2D eigenvalue weighted by atomic mass is 16.1. The van der Waals surface area contributed by atoms with Crippen LogP contribution >= 0.6 is 0 Å². The molecule has 1 aromatic carbocycles. The summed E-state index contributed by atoms with van der Waals surface area (Å²) < 4.78 is 0. The van der Waals surface area contributed by atoms with E-state index in [1.165, 1.54) is 0 Å². The average Bonchev–Trinajstić information content (AvgIpc) is 2.69. The number of carbonyl (C=O) groups is 1. The van der Waals surface area contributed by atoms with Gasteiger partial charge in [0.05, 0.1) is 11.8 Å². The SMILES string of the molecule is CC/C(=C(/C)C#N)N(C)/C(C=O)=C(\C)c1ccc(-c2cccnc2)cc1. The number of carbonyl (C=O) groups excluding carboxylic acids is 1. The van der Waals surface area contributed by atoms with Crippen LogP contribution in [0.15, 0.2) is 65.8 Å². The van der Waals surface area contributed by atoms with E-state index in [1.807, 2.05) is 68.4 Å². The van der Waals surface area contributed by atoms with E-state index in [1.54, 1.807) is 13.1 Å². The van der Waals surface area contributed by atoms with Gasteiger partial charge in [-0.3, -0.25) is 9.78 Å². The fraction of sp³-hybridized carbons (Fsp3) is 0.227. The van der Waals surface area contributed by atoms with Crippen molar-refractivity contribution in [3.63, 3.8) is 0 Å². The zero-order valence-electron chi connectivity index (χ0n) is 15.7. The van der Waals surface area contributed by atoms with Gasteiger partial charge in [0.25, 0.3) is 0 Å². The van der Waals surface area contributed by atoms with Crippen molar-refractivity contribution in [3.05, 3.63) is 71.3 Å². The third-order valence-corrected chi connectivity index (χ3v) is 4.51. The van der Waals surface area contributed by atoms with Crippen LogP contribution in [0, 0.1) is 11.3 Å². The summed E-state index contributed by atoms with van der Waals surface area (Å²) in [7, 11) is 1.83. The Morgan fingerprint density at radius 2 is 1.88 bits per heavy atom. The van der Waals surface area contributed by atoms with Crippen LogP contribution in [-0.2, 0) is 4.79 Å². The van der Waals surface area contributed by atoms with Crippen molar-refractivity contribution >= 4 is 11.9 Å². The van der Waals surface area contributed by atoms with Crippen LogP contribution < -0.4 is 0 Å². The molecule has 0 fully saturated rings. The second-order valence-corrected chi connectivity index (χ2v) is 6.04. The summed E-state index contributed by atoms with van der Waals surface area (Å²) in [6.45, 7) is 5.68. The van der Waals surface area contributed by atoms with Crippen LogP contribution in [0.2, 0.25) is 0 Å². The van der Waals surface area contributed by atoms with Gasteiger partial charge in [0.15, 0.2) is 6.29 Å². The Bertz CT molecular complexity index is 872. The van der Waals surface area contributed by atoms with Crippen molar-refractivity contribution in [2.24, 2.45) is 0 Å². The molecular formula is C22H23N3O. The predicted octanol–water partition coefficient (Wildman–Crippen LogP) is 4.82. The van der Waals surface area contributed by atoms with Gasteiger partial charge in [-0.1, -0.05) is 37.3 Å². The first-order valence-corrected chi connectivity index (χ1v) is 8.53. The number of aromatic nitrogens is 1. The molecule has 4 nitrogen and oxygen atoms in total. The molecule has 1 heterocycles. The third-order valence-electron chi connectivity index (χ3n) is 4.51. The molecule has 0 saturated carbocycles. The molecule has 0 unspecified atom stereocenters. The molecule has 0 aliphatic carbocycles. The highest BCUT2D eigenvalue weighted by molar-refractivity contribution is 5.87. The van der Waals surface area contributed by atoms with Gasteiger partial charge in [0.1, 0.15) is 0 Å². The lowest BCUT2D eigenvalue weighted by atomic mass is 10.0. The summed E-state index contributed by atoms with van der Waals surface area (Å²) in [5.74, 6) is 0. The largest absolute Gasteiger partial charge is 0.344 e. The monoisotopic (exact) mass is 345 g/mol. The van der Waals surface area contributed by atoms with E-state index in [9.17, 15) is 10.1 Å². The zero-order valence-corrected chi connectivity index (χ0v) is 15.7. The van der Waals surface area contributed by atoms with Crippen molar-refractivity contribution in [3.8, 4) is 17.2 Å². The highest BCUT2D eigenvalue weighted by Gasteiger charge is 2.14. The molecule has 0 saturated heterocycles.